The summed E-state index contributed by atoms with van der Waals surface area (Å²) in [5.74, 6) is 1.33. The molecule has 168 valence electrons. The third-order valence-electron chi connectivity index (χ3n) is 5.63. The van der Waals surface area contributed by atoms with E-state index in [1.165, 1.54) is 18.2 Å². The second-order valence-corrected chi connectivity index (χ2v) is 9.63. The molecule has 1 amide bonds. The molecule has 0 bridgehead atoms. The van der Waals surface area contributed by atoms with Gasteiger partial charge in [0.05, 0.1) is 24.3 Å². The minimum atomic E-state index is 0.0252. The summed E-state index contributed by atoms with van der Waals surface area (Å²) >= 11 is 5.06. The first-order valence-corrected chi connectivity index (χ1v) is 12.6. The van der Waals surface area contributed by atoms with Gasteiger partial charge in [-0.1, -0.05) is 53.4 Å². The molecule has 32 heavy (non-hydrogen) atoms. The van der Waals surface area contributed by atoms with Crippen LogP contribution in [0.15, 0.2) is 56.8 Å². The van der Waals surface area contributed by atoms with Gasteiger partial charge in [-0.15, -0.1) is 0 Å². The van der Waals surface area contributed by atoms with Crippen LogP contribution in [0.5, 0.6) is 11.5 Å². The maximum Gasteiger partial charge on any atom is 0.267 e. The number of para-hydroxylation sites is 1. The lowest BCUT2D eigenvalue weighted by Gasteiger charge is -2.30. The Labute approximate surface area is 202 Å². The first-order chi connectivity index (χ1) is 15.6. The molecular formula is C25H27BrN2O3S. The number of nitrogens with zero attached hydrogens (tertiary/aromatic N) is 2. The SMILES string of the molecule is CCOc1cc(C=C2SC(=Nc3ccccc3)N(C3CCCCC3)C2=O)c(Br)cc1OC. The minimum Gasteiger partial charge on any atom is -0.493 e. The van der Waals surface area contributed by atoms with E-state index in [0.29, 0.717) is 23.0 Å². The normalized spacial score (nSPS) is 19.7. The van der Waals surface area contributed by atoms with Gasteiger partial charge < -0.3 is 9.47 Å². The molecule has 1 saturated heterocycles. The highest BCUT2D eigenvalue weighted by atomic mass is 79.9. The Bertz CT molecular complexity index is 1030. The quantitative estimate of drug-likeness (QED) is 0.398. The van der Waals surface area contributed by atoms with Crippen LogP contribution in [0, 0.1) is 0 Å². The predicted molar refractivity (Wildman–Crippen MR) is 135 cm³/mol. The zero-order chi connectivity index (χ0) is 22.5. The number of hydrogen-bond donors (Lipinski definition) is 0. The Morgan fingerprint density at radius 3 is 2.59 bits per heavy atom. The zero-order valence-electron chi connectivity index (χ0n) is 18.3. The number of ether oxygens (including phenoxy) is 2. The number of aliphatic imine (C=N–C) groups is 1. The average molecular weight is 515 g/mol. The Morgan fingerprint density at radius 2 is 1.91 bits per heavy atom. The number of rotatable bonds is 6. The van der Waals surface area contributed by atoms with Gasteiger partial charge in [0.25, 0.3) is 5.91 Å². The molecule has 1 saturated carbocycles. The van der Waals surface area contributed by atoms with Gasteiger partial charge in [0, 0.05) is 10.5 Å². The minimum absolute atomic E-state index is 0.0252. The van der Waals surface area contributed by atoms with Gasteiger partial charge in [0.1, 0.15) is 0 Å². The summed E-state index contributed by atoms with van der Waals surface area (Å²) in [5.41, 5.74) is 1.73. The van der Waals surface area contributed by atoms with Gasteiger partial charge in [0.2, 0.25) is 0 Å². The molecule has 1 aliphatic heterocycles. The number of hydrogen-bond acceptors (Lipinski definition) is 5. The number of thioether (sulfide) groups is 1. The van der Waals surface area contributed by atoms with E-state index in [4.69, 9.17) is 14.5 Å². The van der Waals surface area contributed by atoms with E-state index >= 15 is 0 Å². The number of carbonyl (C=O) groups is 1. The monoisotopic (exact) mass is 514 g/mol. The molecule has 0 radical (unpaired) electrons. The lowest BCUT2D eigenvalue weighted by atomic mass is 9.94. The fourth-order valence-electron chi connectivity index (χ4n) is 4.07. The summed E-state index contributed by atoms with van der Waals surface area (Å²) < 4.78 is 12.0. The summed E-state index contributed by atoms with van der Waals surface area (Å²) in [7, 11) is 1.62. The molecule has 2 aromatic rings. The molecule has 0 spiro atoms. The van der Waals surface area contributed by atoms with Gasteiger partial charge in [-0.2, -0.15) is 0 Å². The van der Waals surface area contributed by atoms with Crippen LogP contribution >= 0.6 is 27.7 Å². The predicted octanol–water partition coefficient (Wildman–Crippen LogP) is 6.79. The first-order valence-electron chi connectivity index (χ1n) is 11.0. The third kappa shape index (κ3) is 5.04. The van der Waals surface area contributed by atoms with Crippen LogP contribution < -0.4 is 9.47 Å². The summed E-state index contributed by atoms with van der Waals surface area (Å²) in [6, 6.07) is 13.8. The van der Waals surface area contributed by atoms with Gasteiger partial charge in [-0.3, -0.25) is 9.69 Å². The fourth-order valence-corrected chi connectivity index (χ4v) is 5.56. The van der Waals surface area contributed by atoms with E-state index in [2.05, 4.69) is 15.9 Å². The van der Waals surface area contributed by atoms with E-state index in [9.17, 15) is 4.79 Å². The molecule has 0 atom stereocenters. The van der Waals surface area contributed by atoms with E-state index in [1.807, 2.05) is 60.4 Å². The number of amides is 1. The van der Waals surface area contributed by atoms with Crippen LogP contribution in [0.4, 0.5) is 5.69 Å². The maximum atomic E-state index is 13.5. The van der Waals surface area contributed by atoms with Gasteiger partial charge in [0.15, 0.2) is 16.7 Å². The zero-order valence-corrected chi connectivity index (χ0v) is 20.7. The summed E-state index contributed by atoms with van der Waals surface area (Å²) in [5, 5.41) is 0.758. The molecule has 2 fully saturated rings. The standard InChI is InChI=1S/C25H27BrN2O3S/c1-3-31-22-14-17(20(26)16-21(22)30-2)15-23-24(29)28(19-12-8-5-9-13-19)25(32-23)27-18-10-6-4-7-11-18/h4,6-7,10-11,14-16,19H,3,5,8-9,12-13H2,1-2H3. The third-order valence-corrected chi connectivity index (χ3v) is 7.30. The summed E-state index contributed by atoms with van der Waals surface area (Å²) in [4.78, 5) is 21.0. The van der Waals surface area contributed by atoms with Crippen LogP contribution in [0.3, 0.4) is 0 Å². The highest BCUT2D eigenvalue weighted by molar-refractivity contribution is 9.10. The van der Waals surface area contributed by atoms with Crippen molar-refractivity contribution in [2.75, 3.05) is 13.7 Å². The molecular weight excluding hydrogens is 488 g/mol. The Balaban J connectivity index is 1.72. The molecule has 0 unspecified atom stereocenters. The molecule has 2 aromatic carbocycles. The topological polar surface area (TPSA) is 51.1 Å². The summed E-state index contributed by atoms with van der Waals surface area (Å²) in [6.45, 7) is 2.47. The van der Waals surface area contributed by atoms with Crippen molar-refractivity contribution in [2.45, 2.75) is 45.1 Å². The first kappa shape index (κ1) is 22.9. The van der Waals surface area contributed by atoms with Crippen molar-refractivity contribution in [1.82, 2.24) is 4.90 Å². The molecule has 0 aromatic heterocycles. The van der Waals surface area contributed by atoms with Crippen molar-refractivity contribution in [3.8, 4) is 11.5 Å². The van der Waals surface area contributed by atoms with Crippen molar-refractivity contribution < 1.29 is 14.3 Å². The number of amidine groups is 1. The molecule has 1 heterocycles. The second-order valence-electron chi connectivity index (χ2n) is 7.77. The maximum absolute atomic E-state index is 13.5. The van der Waals surface area contributed by atoms with Crippen molar-refractivity contribution >= 4 is 50.5 Å². The largest absolute Gasteiger partial charge is 0.493 e. The van der Waals surface area contributed by atoms with Crippen LogP contribution in [0.25, 0.3) is 6.08 Å². The second kappa shape index (κ2) is 10.6. The molecule has 5 nitrogen and oxygen atoms in total. The number of halogens is 1. The number of benzene rings is 2. The molecule has 0 N–H and O–H groups in total. The van der Waals surface area contributed by atoms with Gasteiger partial charge in [-0.05, 0) is 67.4 Å². The number of methoxy groups -OCH3 is 1. The fraction of sp³-hybridized carbons (Fsp3) is 0.360. The highest BCUT2D eigenvalue weighted by Crippen LogP contribution is 2.41. The summed E-state index contributed by atoms with van der Waals surface area (Å²) in [6.07, 6.45) is 7.50. The smallest absolute Gasteiger partial charge is 0.267 e. The van der Waals surface area contributed by atoms with Crippen LogP contribution in [0.1, 0.15) is 44.6 Å². The van der Waals surface area contributed by atoms with Crippen molar-refractivity contribution in [3.63, 3.8) is 0 Å². The van der Waals surface area contributed by atoms with Crippen molar-refractivity contribution in [2.24, 2.45) is 4.99 Å². The van der Waals surface area contributed by atoms with Gasteiger partial charge in [-0.25, -0.2) is 4.99 Å². The Hall–Kier alpha value is -2.25. The van der Waals surface area contributed by atoms with E-state index in [0.717, 1.165) is 46.6 Å². The van der Waals surface area contributed by atoms with E-state index < -0.39 is 0 Å². The van der Waals surface area contributed by atoms with Crippen molar-refractivity contribution in [1.29, 1.82) is 0 Å². The van der Waals surface area contributed by atoms with Gasteiger partial charge >= 0.3 is 0 Å². The molecule has 2 aliphatic rings. The van der Waals surface area contributed by atoms with Crippen molar-refractivity contribution in [3.05, 3.63) is 57.4 Å². The van der Waals surface area contributed by atoms with E-state index in [-0.39, 0.29) is 11.9 Å². The number of carbonyl (C=O) groups excluding carboxylic acids is 1. The lowest BCUT2D eigenvalue weighted by molar-refractivity contribution is -0.124. The Kier molecular flexibility index (Phi) is 7.58. The highest BCUT2D eigenvalue weighted by Gasteiger charge is 2.38. The molecule has 4 rings (SSSR count). The van der Waals surface area contributed by atoms with Crippen LogP contribution in [-0.4, -0.2) is 35.7 Å². The molecule has 7 heteroatoms. The van der Waals surface area contributed by atoms with Crippen LogP contribution in [0.2, 0.25) is 0 Å². The molecule has 1 aliphatic carbocycles. The lowest BCUT2D eigenvalue weighted by Crippen LogP contribution is -2.40. The average Bonchev–Trinajstić information content (AvgIpc) is 3.11. The van der Waals surface area contributed by atoms with E-state index in [1.54, 1.807) is 7.11 Å². The van der Waals surface area contributed by atoms with Crippen LogP contribution in [-0.2, 0) is 4.79 Å². The Morgan fingerprint density at radius 1 is 1.16 bits per heavy atom.